The summed E-state index contributed by atoms with van der Waals surface area (Å²) in [6, 6.07) is 0. The quantitative estimate of drug-likeness (QED) is 0.644. The van der Waals surface area contributed by atoms with Crippen LogP contribution in [0.2, 0.25) is 0 Å². The van der Waals surface area contributed by atoms with Crippen LogP contribution in [-0.4, -0.2) is 8.67 Å². The molecule has 1 fully saturated rings. The van der Waals surface area contributed by atoms with Gasteiger partial charge in [-0.3, -0.25) is 0 Å². The van der Waals surface area contributed by atoms with Crippen molar-refractivity contribution in [1.29, 1.82) is 0 Å². The van der Waals surface area contributed by atoms with Crippen molar-refractivity contribution in [1.82, 2.24) is 0 Å². The number of hydrogen-bond donors (Lipinski definition) is 0. The normalized spacial score (nSPS) is 28.5. The van der Waals surface area contributed by atoms with Gasteiger partial charge in [0.2, 0.25) is 0 Å². The van der Waals surface area contributed by atoms with Gasteiger partial charge in [0, 0.05) is 5.41 Å². The van der Waals surface area contributed by atoms with Crippen molar-refractivity contribution < 1.29 is 0 Å². The molecule has 1 aliphatic rings. The molecular weight excluding hydrogens is 238 g/mol. The third-order valence-electron chi connectivity index (χ3n) is 2.75. The van der Waals surface area contributed by atoms with Crippen LogP contribution in [0.3, 0.4) is 0 Å². The van der Waals surface area contributed by atoms with Gasteiger partial charge >= 0.3 is 0 Å². The molecule has 0 bridgehead atoms. The van der Waals surface area contributed by atoms with Gasteiger partial charge in [-0.25, -0.2) is 0 Å². The van der Waals surface area contributed by atoms with Crippen LogP contribution in [0.1, 0.15) is 33.1 Å². The van der Waals surface area contributed by atoms with Gasteiger partial charge in [-0.2, -0.15) is 0 Å². The molecule has 0 aromatic rings. The second kappa shape index (κ2) is 3.08. The fourth-order valence-corrected chi connectivity index (χ4v) is 3.22. The Morgan fingerprint density at radius 2 is 1.42 bits per heavy atom. The molecule has 0 aromatic carbocycles. The summed E-state index contributed by atoms with van der Waals surface area (Å²) in [5, 5.41) is 0. The lowest BCUT2D eigenvalue weighted by Crippen LogP contribution is -2.04. The van der Waals surface area contributed by atoms with Crippen LogP contribution in [0.5, 0.6) is 0 Å². The van der Waals surface area contributed by atoms with E-state index in [2.05, 4.69) is 6.92 Å². The Hall–Kier alpha value is 1.16. The first kappa shape index (κ1) is 11.2. The van der Waals surface area contributed by atoms with Crippen molar-refractivity contribution in [2.45, 2.75) is 41.8 Å². The van der Waals surface area contributed by atoms with Crippen LogP contribution in [0.25, 0.3) is 0 Å². The van der Waals surface area contributed by atoms with Crippen molar-refractivity contribution >= 4 is 46.4 Å². The Bertz CT molecular complexity index is 171. The van der Waals surface area contributed by atoms with E-state index in [9.17, 15) is 0 Å². The van der Waals surface area contributed by atoms with Crippen LogP contribution in [0.4, 0.5) is 0 Å². The second-order valence-corrected chi connectivity index (χ2v) is 6.24. The van der Waals surface area contributed by atoms with E-state index < -0.39 is 8.67 Å². The summed E-state index contributed by atoms with van der Waals surface area (Å²) in [4.78, 5) is 0. The molecule has 1 rings (SSSR count). The topological polar surface area (TPSA) is 0 Å². The summed E-state index contributed by atoms with van der Waals surface area (Å²) in [7, 11) is 0. The lowest BCUT2D eigenvalue weighted by Gasteiger charge is -2.09. The predicted octanol–water partition coefficient (Wildman–Crippen LogP) is 4.54. The maximum absolute atomic E-state index is 5.98. The van der Waals surface area contributed by atoms with E-state index in [-0.39, 0.29) is 5.41 Å². The molecule has 0 amide bonds. The number of rotatable bonds is 3. The maximum atomic E-state index is 5.98. The van der Waals surface area contributed by atoms with Gasteiger partial charge in [0.15, 0.2) is 8.67 Å². The van der Waals surface area contributed by atoms with Crippen LogP contribution in [-0.2, 0) is 0 Å². The van der Waals surface area contributed by atoms with E-state index >= 15 is 0 Å². The SMILES string of the molecule is CCCCC1(C)C(Cl)(Cl)C1(Cl)Cl. The molecule has 0 aliphatic heterocycles. The van der Waals surface area contributed by atoms with E-state index in [4.69, 9.17) is 46.4 Å². The highest BCUT2D eigenvalue weighted by Crippen LogP contribution is 2.79. The highest BCUT2D eigenvalue weighted by Gasteiger charge is 2.83. The Balaban J connectivity index is 2.65. The molecule has 1 saturated carbocycles. The van der Waals surface area contributed by atoms with Gasteiger partial charge in [0.25, 0.3) is 0 Å². The van der Waals surface area contributed by atoms with Gasteiger partial charge in [-0.15, -0.1) is 0 Å². The summed E-state index contributed by atoms with van der Waals surface area (Å²) < 4.78 is -1.95. The first-order valence-electron chi connectivity index (χ1n) is 4.07. The molecule has 12 heavy (non-hydrogen) atoms. The highest BCUT2D eigenvalue weighted by molar-refractivity contribution is 6.69. The van der Waals surface area contributed by atoms with E-state index in [1.165, 1.54) is 0 Å². The monoisotopic (exact) mass is 248 g/mol. The number of unbranched alkanes of at least 4 members (excludes halogenated alkanes) is 1. The molecule has 0 nitrogen and oxygen atoms in total. The third kappa shape index (κ3) is 1.19. The van der Waals surface area contributed by atoms with E-state index in [0.29, 0.717) is 0 Å². The Morgan fingerprint density at radius 3 is 1.67 bits per heavy atom. The van der Waals surface area contributed by atoms with Crippen molar-refractivity contribution in [2.24, 2.45) is 5.41 Å². The fraction of sp³-hybridized carbons (Fsp3) is 1.00. The third-order valence-corrected chi connectivity index (χ3v) is 5.94. The molecule has 0 spiro atoms. The molecule has 0 N–H and O–H groups in total. The van der Waals surface area contributed by atoms with Gasteiger partial charge in [-0.1, -0.05) is 73.1 Å². The minimum atomic E-state index is -0.974. The molecule has 0 heterocycles. The summed E-state index contributed by atoms with van der Waals surface area (Å²) in [5.41, 5.74) is -0.345. The molecule has 4 heteroatoms. The average molecular weight is 250 g/mol. The summed E-state index contributed by atoms with van der Waals surface area (Å²) in [5.74, 6) is 0. The molecule has 0 saturated heterocycles. The van der Waals surface area contributed by atoms with E-state index in [1.54, 1.807) is 0 Å². The second-order valence-electron chi connectivity index (χ2n) is 3.58. The van der Waals surface area contributed by atoms with Crippen LogP contribution >= 0.6 is 46.4 Å². The Morgan fingerprint density at radius 1 is 1.00 bits per heavy atom. The van der Waals surface area contributed by atoms with E-state index in [0.717, 1.165) is 19.3 Å². The standard InChI is InChI=1S/C8H12Cl4/c1-3-4-5-6(2)7(9,10)8(6,11)12/h3-5H2,1-2H3. The zero-order valence-electron chi connectivity index (χ0n) is 7.13. The zero-order valence-corrected chi connectivity index (χ0v) is 10.2. The number of hydrogen-bond acceptors (Lipinski definition) is 0. The molecule has 0 aromatic heterocycles. The van der Waals surface area contributed by atoms with Crippen LogP contribution in [0, 0.1) is 5.41 Å². The summed E-state index contributed by atoms with van der Waals surface area (Å²) >= 11 is 23.9. The van der Waals surface area contributed by atoms with Crippen molar-refractivity contribution in [3.05, 3.63) is 0 Å². The van der Waals surface area contributed by atoms with E-state index in [1.807, 2.05) is 6.92 Å². The summed E-state index contributed by atoms with van der Waals surface area (Å²) in [6.45, 7) is 4.04. The number of halogens is 4. The Labute approximate surface area is 93.5 Å². The lowest BCUT2D eigenvalue weighted by atomic mass is 10.0. The zero-order chi connectivity index (χ0) is 9.62. The molecule has 72 valence electrons. The Kier molecular flexibility index (Phi) is 2.89. The number of alkyl halides is 4. The molecular formula is C8H12Cl4. The molecule has 1 aliphatic carbocycles. The molecule has 0 unspecified atom stereocenters. The maximum Gasteiger partial charge on any atom is 0.159 e. The van der Waals surface area contributed by atoms with Crippen molar-refractivity contribution in [2.75, 3.05) is 0 Å². The first-order valence-corrected chi connectivity index (χ1v) is 5.58. The smallest absolute Gasteiger partial charge is 0.0975 e. The minimum absolute atomic E-state index is 0.345. The fourth-order valence-electron chi connectivity index (χ4n) is 1.44. The van der Waals surface area contributed by atoms with Gasteiger partial charge in [0.05, 0.1) is 0 Å². The summed E-state index contributed by atoms with van der Waals surface area (Å²) in [6.07, 6.45) is 3.03. The average Bonchev–Trinajstić information content (AvgIpc) is 2.26. The predicted molar refractivity (Wildman–Crippen MR) is 56.5 cm³/mol. The van der Waals surface area contributed by atoms with Gasteiger partial charge < -0.3 is 0 Å². The van der Waals surface area contributed by atoms with Crippen molar-refractivity contribution in [3.8, 4) is 0 Å². The highest BCUT2D eigenvalue weighted by atomic mass is 35.5. The van der Waals surface area contributed by atoms with Crippen molar-refractivity contribution in [3.63, 3.8) is 0 Å². The largest absolute Gasteiger partial charge is 0.159 e. The van der Waals surface area contributed by atoms with Crippen LogP contribution in [0.15, 0.2) is 0 Å². The van der Waals surface area contributed by atoms with Gasteiger partial charge in [0.1, 0.15) is 0 Å². The van der Waals surface area contributed by atoms with Crippen LogP contribution < -0.4 is 0 Å². The minimum Gasteiger partial charge on any atom is -0.0975 e. The van der Waals surface area contributed by atoms with Gasteiger partial charge in [-0.05, 0) is 6.42 Å². The lowest BCUT2D eigenvalue weighted by molar-refractivity contribution is 0.477. The molecule has 0 radical (unpaired) electrons. The first-order chi connectivity index (χ1) is 5.31. The molecule has 0 atom stereocenters.